The summed E-state index contributed by atoms with van der Waals surface area (Å²) in [6.45, 7) is 0.420. The first-order chi connectivity index (χ1) is 14.0. The third-order valence-electron chi connectivity index (χ3n) is 4.42. The number of carbonyl (C=O) groups excluding carboxylic acids is 1. The molecule has 0 bridgehead atoms. The van der Waals surface area contributed by atoms with Gasteiger partial charge in [-0.15, -0.1) is 0 Å². The summed E-state index contributed by atoms with van der Waals surface area (Å²) in [6, 6.07) is 18.3. The highest BCUT2D eigenvalue weighted by molar-refractivity contribution is 6.35. The lowest BCUT2D eigenvalue weighted by Gasteiger charge is -2.13. The maximum atomic E-state index is 11.8. The van der Waals surface area contributed by atoms with E-state index in [1.54, 1.807) is 37.4 Å². The zero-order valence-corrected chi connectivity index (χ0v) is 17.6. The highest BCUT2D eigenvalue weighted by Crippen LogP contribution is 2.30. The van der Waals surface area contributed by atoms with Crippen molar-refractivity contribution in [2.24, 2.45) is 0 Å². The van der Waals surface area contributed by atoms with E-state index >= 15 is 0 Å². The maximum absolute atomic E-state index is 11.8. The SMILES string of the molecule is COC(=O)c1cccc(-c2ccc(OC)c(CCOc3ccc(Cl)cc3Cl)c2)c1. The van der Waals surface area contributed by atoms with Gasteiger partial charge in [0.25, 0.3) is 0 Å². The molecule has 29 heavy (non-hydrogen) atoms. The molecule has 0 aromatic heterocycles. The summed E-state index contributed by atoms with van der Waals surface area (Å²) >= 11 is 12.1. The van der Waals surface area contributed by atoms with E-state index in [0.717, 1.165) is 22.4 Å². The Kier molecular flexibility index (Phi) is 7.02. The normalized spacial score (nSPS) is 10.5. The van der Waals surface area contributed by atoms with Gasteiger partial charge in [0.2, 0.25) is 0 Å². The van der Waals surface area contributed by atoms with E-state index in [-0.39, 0.29) is 5.97 Å². The first-order valence-corrected chi connectivity index (χ1v) is 9.71. The van der Waals surface area contributed by atoms with Crippen LogP contribution in [0.4, 0.5) is 0 Å². The van der Waals surface area contributed by atoms with Crippen molar-refractivity contribution in [3.8, 4) is 22.6 Å². The van der Waals surface area contributed by atoms with Crippen molar-refractivity contribution in [1.82, 2.24) is 0 Å². The molecular formula is C23H20Cl2O4. The second-order valence-corrected chi connectivity index (χ2v) is 7.12. The number of ether oxygens (including phenoxy) is 3. The molecule has 0 fully saturated rings. The Labute approximate surface area is 179 Å². The number of rotatable bonds is 7. The smallest absolute Gasteiger partial charge is 0.337 e. The Bertz CT molecular complexity index is 1020. The number of halogens is 2. The van der Waals surface area contributed by atoms with Gasteiger partial charge in [0.05, 0.1) is 31.4 Å². The Morgan fingerprint density at radius 1 is 0.897 bits per heavy atom. The third-order valence-corrected chi connectivity index (χ3v) is 4.95. The van der Waals surface area contributed by atoms with Crippen LogP contribution in [-0.4, -0.2) is 26.8 Å². The summed E-state index contributed by atoms with van der Waals surface area (Å²) < 4.78 is 16.1. The van der Waals surface area contributed by atoms with Crippen LogP contribution in [0.5, 0.6) is 11.5 Å². The summed E-state index contributed by atoms with van der Waals surface area (Å²) in [5.74, 6) is 0.981. The molecule has 0 unspecified atom stereocenters. The summed E-state index contributed by atoms with van der Waals surface area (Å²) in [6.07, 6.45) is 0.618. The summed E-state index contributed by atoms with van der Waals surface area (Å²) in [5.41, 5.74) is 3.37. The Morgan fingerprint density at radius 2 is 1.66 bits per heavy atom. The molecule has 6 heteroatoms. The van der Waals surface area contributed by atoms with Crippen LogP contribution in [0.15, 0.2) is 60.7 Å². The van der Waals surface area contributed by atoms with Gasteiger partial charge in [-0.3, -0.25) is 0 Å². The first kappa shape index (κ1) is 21.0. The Balaban J connectivity index is 1.79. The number of methoxy groups -OCH3 is 2. The number of hydrogen-bond acceptors (Lipinski definition) is 4. The van der Waals surface area contributed by atoms with Crippen LogP contribution >= 0.6 is 23.2 Å². The fourth-order valence-corrected chi connectivity index (χ4v) is 3.42. The molecule has 3 aromatic rings. The van der Waals surface area contributed by atoms with E-state index in [1.165, 1.54) is 7.11 Å². The van der Waals surface area contributed by atoms with Gasteiger partial charge < -0.3 is 14.2 Å². The van der Waals surface area contributed by atoms with E-state index in [0.29, 0.717) is 34.4 Å². The average molecular weight is 431 g/mol. The second kappa shape index (κ2) is 9.68. The molecule has 0 amide bonds. The van der Waals surface area contributed by atoms with Gasteiger partial charge in [-0.1, -0.05) is 41.4 Å². The van der Waals surface area contributed by atoms with Crippen LogP contribution in [0.3, 0.4) is 0 Å². The summed E-state index contributed by atoms with van der Waals surface area (Å²) in [7, 11) is 3.00. The zero-order valence-electron chi connectivity index (χ0n) is 16.1. The van der Waals surface area contributed by atoms with Crippen molar-refractivity contribution >= 4 is 29.2 Å². The Morgan fingerprint density at radius 3 is 2.38 bits per heavy atom. The molecule has 0 aliphatic rings. The van der Waals surface area contributed by atoms with Crippen molar-refractivity contribution < 1.29 is 19.0 Å². The molecule has 0 aliphatic carbocycles. The average Bonchev–Trinajstić information content (AvgIpc) is 2.74. The van der Waals surface area contributed by atoms with Crippen LogP contribution in [0.1, 0.15) is 15.9 Å². The molecule has 0 radical (unpaired) electrons. The number of hydrogen-bond donors (Lipinski definition) is 0. The van der Waals surface area contributed by atoms with Crippen molar-refractivity contribution in [3.63, 3.8) is 0 Å². The van der Waals surface area contributed by atoms with Gasteiger partial charge in [-0.25, -0.2) is 4.79 Å². The van der Waals surface area contributed by atoms with Gasteiger partial charge in [0.1, 0.15) is 11.5 Å². The number of carbonyl (C=O) groups is 1. The number of benzene rings is 3. The topological polar surface area (TPSA) is 44.8 Å². The zero-order chi connectivity index (χ0) is 20.8. The minimum atomic E-state index is -0.367. The molecule has 0 N–H and O–H groups in total. The largest absolute Gasteiger partial charge is 0.496 e. The first-order valence-electron chi connectivity index (χ1n) is 8.95. The predicted molar refractivity (Wildman–Crippen MR) is 115 cm³/mol. The lowest BCUT2D eigenvalue weighted by molar-refractivity contribution is 0.0601. The van der Waals surface area contributed by atoms with Gasteiger partial charge in [-0.2, -0.15) is 0 Å². The highest BCUT2D eigenvalue weighted by Gasteiger charge is 2.10. The van der Waals surface area contributed by atoms with Gasteiger partial charge in [-0.05, 0) is 59.2 Å². The molecular weight excluding hydrogens is 411 g/mol. The molecule has 0 saturated heterocycles. The fourth-order valence-electron chi connectivity index (χ4n) is 2.96. The predicted octanol–water partition coefficient (Wildman–Crippen LogP) is 6.08. The molecule has 4 nitrogen and oxygen atoms in total. The second-order valence-electron chi connectivity index (χ2n) is 6.27. The standard InChI is InChI=1S/C23H20Cl2O4/c1-27-21-8-6-16(15-4-3-5-18(13-15)23(26)28-2)12-17(21)10-11-29-22-9-7-19(24)14-20(22)25/h3-9,12-14H,10-11H2,1-2H3. The molecule has 0 heterocycles. The molecule has 0 saturated carbocycles. The maximum Gasteiger partial charge on any atom is 0.337 e. The highest BCUT2D eigenvalue weighted by atomic mass is 35.5. The molecule has 3 rings (SSSR count). The van der Waals surface area contributed by atoms with Gasteiger partial charge in [0.15, 0.2) is 0 Å². The van der Waals surface area contributed by atoms with E-state index in [9.17, 15) is 4.79 Å². The van der Waals surface area contributed by atoms with E-state index in [2.05, 4.69) is 0 Å². The molecule has 3 aromatic carbocycles. The van der Waals surface area contributed by atoms with E-state index < -0.39 is 0 Å². The molecule has 150 valence electrons. The van der Waals surface area contributed by atoms with Crippen molar-refractivity contribution in [2.45, 2.75) is 6.42 Å². The monoisotopic (exact) mass is 430 g/mol. The lowest BCUT2D eigenvalue weighted by Crippen LogP contribution is -2.04. The van der Waals surface area contributed by atoms with Crippen LogP contribution in [0, 0.1) is 0 Å². The van der Waals surface area contributed by atoms with E-state index in [4.69, 9.17) is 37.4 Å². The summed E-state index contributed by atoms with van der Waals surface area (Å²) in [4.78, 5) is 11.8. The van der Waals surface area contributed by atoms with Gasteiger partial charge >= 0.3 is 5.97 Å². The molecule has 0 aliphatic heterocycles. The van der Waals surface area contributed by atoms with E-state index in [1.807, 2.05) is 30.3 Å². The summed E-state index contributed by atoms with van der Waals surface area (Å²) in [5, 5.41) is 1.03. The van der Waals surface area contributed by atoms with Crippen molar-refractivity contribution in [1.29, 1.82) is 0 Å². The molecule has 0 atom stereocenters. The number of esters is 1. The minimum absolute atomic E-state index is 0.367. The van der Waals surface area contributed by atoms with Crippen molar-refractivity contribution in [2.75, 3.05) is 20.8 Å². The third kappa shape index (κ3) is 5.22. The van der Waals surface area contributed by atoms with Gasteiger partial charge in [0, 0.05) is 11.4 Å². The van der Waals surface area contributed by atoms with Crippen LogP contribution in [-0.2, 0) is 11.2 Å². The van der Waals surface area contributed by atoms with Crippen LogP contribution < -0.4 is 9.47 Å². The van der Waals surface area contributed by atoms with Crippen LogP contribution in [0.2, 0.25) is 10.0 Å². The molecule has 0 spiro atoms. The van der Waals surface area contributed by atoms with Crippen molar-refractivity contribution in [3.05, 3.63) is 81.8 Å². The quantitative estimate of drug-likeness (QED) is 0.426. The fraction of sp³-hybridized carbons (Fsp3) is 0.174. The minimum Gasteiger partial charge on any atom is -0.496 e. The Hall–Kier alpha value is -2.69. The van der Waals surface area contributed by atoms with Crippen LogP contribution in [0.25, 0.3) is 11.1 Å². The lowest BCUT2D eigenvalue weighted by atomic mass is 9.99.